The number of nitrogens with zero attached hydrogens (tertiary/aromatic N) is 2. The number of ether oxygens (including phenoxy) is 2. The number of morpholine rings is 2. The summed E-state index contributed by atoms with van der Waals surface area (Å²) < 4.78 is 10.6. The summed E-state index contributed by atoms with van der Waals surface area (Å²) in [6.45, 7) is 9.80. The highest BCUT2D eigenvalue weighted by molar-refractivity contribution is 5.04. The number of allylic oxidation sites excluding steroid dienone is 2. The molecular weight excluding hydrogens is 228 g/mol. The fourth-order valence-corrected chi connectivity index (χ4v) is 2.14. The van der Waals surface area contributed by atoms with Crippen LogP contribution in [0.2, 0.25) is 0 Å². The number of hydrogen-bond donors (Lipinski definition) is 0. The van der Waals surface area contributed by atoms with Crippen molar-refractivity contribution in [2.75, 3.05) is 65.7 Å². The van der Waals surface area contributed by atoms with E-state index in [1.165, 1.54) is 0 Å². The van der Waals surface area contributed by atoms with Gasteiger partial charge in [-0.25, -0.2) is 0 Å². The second-order valence-electron chi connectivity index (χ2n) is 4.68. The molecule has 4 nitrogen and oxygen atoms in total. The molecule has 0 amide bonds. The van der Waals surface area contributed by atoms with Gasteiger partial charge in [-0.3, -0.25) is 9.80 Å². The largest absolute Gasteiger partial charge is 0.379 e. The van der Waals surface area contributed by atoms with Gasteiger partial charge >= 0.3 is 0 Å². The molecule has 2 saturated heterocycles. The average Bonchev–Trinajstić information content (AvgIpc) is 2.45. The highest BCUT2D eigenvalue weighted by Crippen LogP contribution is 1.97. The summed E-state index contributed by atoms with van der Waals surface area (Å²) in [4.78, 5) is 4.83. The molecule has 2 rings (SSSR count). The minimum absolute atomic E-state index is 0.876. The van der Waals surface area contributed by atoms with Gasteiger partial charge in [-0.1, -0.05) is 24.3 Å². The van der Waals surface area contributed by atoms with Crippen LogP contribution in [0.5, 0.6) is 0 Å². The van der Waals surface area contributed by atoms with Crippen LogP contribution in [0.4, 0.5) is 0 Å². The van der Waals surface area contributed by atoms with Crippen molar-refractivity contribution in [2.45, 2.75) is 0 Å². The molecule has 2 aliphatic rings. The molecule has 0 N–H and O–H groups in total. The summed E-state index contributed by atoms with van der Waals surface area (Å²) in [5.74, 6) is 0. The van der Waals surface area contributed by atoms with Crippen LogP contribution in [0.1, 0.15) is 0 Å². The van der Waals surface area contributed by atoms with Crippen LogP contribution in [0.25, 0.3) is 0 Å². The van der Waals surface area contributed by atoms with Crippen molar-refractivity contribution < 1.29 is 9.47 Å². The van der Waals surface area contributed by atoms with E-state index in [4.69, 9.17) is 9.47 Å². The Morgan fingerprint density at radius 1 is 0.667 bits per heavy atom. The van der Waals surface area contributed by atoms with Gasteiger partial charge in [-0.2, -0.15) is 0 Å². The first kappa shape index (κ1) is 13.7. The molecule has 0 spiro atoms. The van der Waals surface area contributed by atoms with Gasteiger partial charge in [0.25, 0.3) is 0 Å². The zero-order valence-electron chi connectivity index (χ0n) is 11.1. The molecule has 0 aromatic carbocycles. The Labute approximate surface area is 110 Å². The van der Waals surface area contributed by atoms with Crippen LogP contribution in [0.3, 0.4) is 0 Å². The third-order valence-electron chi connectivity index (χ3n) is 3.32. The fraction of sp³-hybridized carbons (Fsp3) is 0.714. The second-order valence-corrected chi connectivity index (χ2v) is 4.68. The Bertz CT molecular complexity index is 239. The van der Waals surface area contributed by atoms with E-state index in [1.807, 2.05) is 0 Å². The topological polar surface area (TPSA) is 24.9 Å². The van der Waals surface area contributed by atoms with Gasteiger partial charge in [0.15, 0.2) is 0 Å². The van der Waals surface area contributed by atoms with Crippen LogP contribution in [0, 0.1) is 0 Å². The van der Waals surface area contributed by atoms with E-state index in [0.717, 1.165) is 65.7 Å². The maximum absolute atomic E-state index is 5.32. The van der Waals surface area contributed by atoms with Crippen molar-refractivity contribution in [3.05, 3.63) is 24.3 Å². The smallest absolute Gasteiger partial charge is 0.0594 e. The summed E-state index contributed by atoms with van der Waals surface area (Å²) in [5, 5.41) is 0. The first-order chi connectivity index (χ1) is 8.95. The molecule has 0 atom stereocenters. The van der Waals surface area contributed by atoms with Gasteiger partial charge in [0.2, 0.25) is 0 Å². The molecule has 0 bridgehead atoms. The Hall–Kier alpha value is -0.680. The Kier molecular flexibility index (Phi) is 6.43. The van der Waals surface area contributed by atoms with E-state index in [2.05, 4.69) is 34.1 Å². The Morgan fingerprint density at radius 3 is 1.44 bits per heavy atom. The van der Waals surface area contributed by atoms with Crippen molar-refractivity contribution in [2.24, 2.45) is 0 Å². The lowest BCUT2D eigenvalue weighted by molar-refractivity contribution is 0.0432. The molecular formula is C14H24N2O2. The molecule has 2 aliphatic heterocycles. The first-order valence-electron chi connectivity index (χ1n) is 6.87. The van der Waals surface area contributed by atoms with E-state index >= 15 is 0 Å². The molecule has 4 heteroatoms. The average molecular weight is 252 g/mol. The highest BCUT2D eigenvalue weighted by atomic mass is 16.5. The van der Waals surface area contributed by atoms with Crippen LogP contribution in [-0.4, -0.2) is 75.5 Å². The molecule has 0 radical (unpaired) electrons. The molecule has 2 fully saturated rings. The molecule has 0 aromatic heterocycles. The molecule has 0 unspecified atom stereocenters. The molecule has 102 valence electrons. The normalized spacial score (nSPS) is 24.2. The lowest BCUT2D eigenvalue weighted by atomic mass is 10.3. The summed E-state index contributed by atoms with van der Waals surface area (Å²) in [6, 6.07) is 0. The highest BCUT2D eigenvalue weighted by Gasteiger charge is 2.08. The van der Waals surface area contributed by atoms with Crippen LogP contribution < -0.4 is 0 Å². The SMILES string of the molecule is C(C=CCN1CCOCC1)=CCN1CCOCC1. The van der Waals surface area contributed by atoms with Gasteiger partial charge in [0.1, 0.15) is 0 Å². The summed E-state index contributed by atoms with van der Waals surface area (Å²) >= 11 is 0. The van der Waals surface area contributed by atoms with Crippen molar-refractivity contribution in [3.8, 4) is 0 Å². The van der Waals surface area contributed by atoms with E-state index < -0.39 is 0 Å². The Morgan fingerprint density at radius 2 is 1.06 bits per heavy atom. The second kappa shape index (κ2) is 8.43. The third-order valence-corrected chi connectivity index (χ3v) is 3.32. The minimum Gasteiger partial charge on any atom is -0.379 e. The monoisotopic (exact) mass is 252 g/mol. The van der Waals surface area contributed by atoms with Gasteiger partial charge in [0, 0.05) is 39.3 Å². The quantitative estimate of drug-likeness (QED) is 0.675. The van der Waals surface area contributed by atoms with E-state index in [-0.39, 0.29) is 0 Å². The maximum atomic E-state index is 5.32. The van der Waals surface area contributed by atoms with E-state index in [0.29, 0.717) is 0 Å². The van der Waals surface area contributed by atoms with Gasteiger partial charge in [0.05, 0.1) is 26.4 Å². The van der Waals surface area contributed by atoms with Crippen LogP contribution in [-0.2, 0) is 9.47 Å². The first-order valence-corrected chi connectivity index (χ1v) is 6.87. The predicted molar refractivity (Wildman–Crippen MR) is 72.8 cm³/mol. The molecule has 2 heterocycles. The zero-order valence-corrected chi connectivity index (χ0v) is 11.1. The van der Waals surface area contributed by atoms with Gasteiger partial charge in [-0.15, -0.1) is 0 Å². The Balaban J connectivity index is 1.55. The van der Waals surface area contributed by atoms with Gasteiger partial charge < -0.3 is 9.47 Å². The number of hydrogen-bond acceptors (Lipinski definition) is 4. The summed E-state index contributed by atoms with van der Waals surface area (Å²) in [7, 11) is 0. The summed E-state index contributed by atoms with van der Waals surface area (Å²) in [5.41, 5.74) is 0. The lowest BCUT2D eigenvalue weighted by Gasteiger charge is -2.25. The fourth-order valence-electron chi connectivity index (χ4n) is 2.14. The van der Waals surface area contributed by atoms with Crippen molar-refractivity contribution in [3.63, 3.8) is 0 Å². The van der Waals surface area contributed by atoms with Crippen LogP contribution in [0.15, 0.2) is 24.3 Å². The predicted octanol–water partition coefficient (Wildman–Crippen LogP) is 0.763. The molecule has 0 aliphatic carbocycles. The van der Waals surface area contributed by atoms with Crippen molar-refractivity contribution in [1.82, 2.24) is 9.80 Å². The van der Waals surface area contributed by atoms with Gasteiger partial charge in [-0.05, 0) is 0 Å². The maximum Gasteiger partial charge on any atom is 0.0594 e. The van der Waals surface area contributed by atoms with Crippen molar-refractivity contribution >= 4 is 0 Å². The van der Waals surface area contributed by atoms with Crippen molar-refractivity contribution in [1.29, 1.82) is 0 Å². The van der Waals surface area contributed by atoms with E-state index in [1.54, 1.807) is 0 Å². The molecule has 18 heavy (non-hydrogen) atoms. The minimum atomic E-state index is 0.876. The van der Waals surface area contributed by atoms with Crippen LogP contribution >= 0.6 is 0 Å². The van der Waals surface area contributed by atoms with E-state index in [9.17, 15) is 0 Å². The molecule has 0 aromatic rings. The third kappa shape index (κ3) is 5.31. The standard InChI is InChI=1S/C14H24N2O2/c1(3-5-15-7-11-17-12-8-15)2-4-6-16-9-13-18-14-10-16/h1-4H,5-14H2. The zero-order chi connectivity index (χ0) is 12.5. The lowest BCUT2D eigenvalue weighted by Crippen LogP contribution is -2.36. The summed E-state index contributed by atoms with van der Waals surface area (Å²) in [6.07, 6.45) is 8.74. The number of rotatable bonds is 5. The molecule has 0 saturated carbocycles.